The predicted octanol–water partition coefficient (Wildman–Crippen LogP) is 4.71. The Morgan fingerprint density at radius 2 is 1.93 bits per heavy atom. The normalized spacial score (nSPS) is 11.1. The van der Waals surface area contributed by atoms with Crippen LogP contribution in [0.15, 0.2) is 60.8 Å². The van der Waals surface area contributed by atoms with Crippen LogP contribution in [-0.2, 0) is 11.3 Å². The van der Waals surface area contributed by atoms with Crippen molar-refractivity contribution in [1.29, 1.82) is 0 Å². The SMILES string of the molecule is O=C(O)CCn1cc(/C=C\C(=O)c2ccc(F)cc2)c(-c2cccc(Cl)c2)n1. The number of benzene rings is 2. The molecule has 1 N–H and O–H groups in total. The summed E-state index contributed by atoms with van der Waals surface area (Å²) < 4.78 is 14.5. The Hall–Kier alpha value is -3.25. The highest BCUT2D eigenvalue weighted by atomic mass is 35.5. The number of carboxylic acids is 1. The molecule has 0 aliphatic rings. The Kier molecular flexibility index (Phi) is 6.01. The van der Waals surface area contributed by atoms with E-state index >= 15 is 0 Å². The molecule has 0 radical (unpaired) electrons. The summed E-state index contributed by atoms with van der Waals surface area (Å²) in [5.41, 5.74) is 2.33. The van der Waals surface area contributed by atoms with Crippen molar-refractivity contribution in [1.82, 2.24) is 9.78 Å². The van der Waals surface area contributed by atoms with E-state index in [4.69, 9.17) is 16.7 Å². The topological polar surface area (TPSA) is 72.2 Å². The van der Waals surface area contributed by atoms with Crippen molar-refractivity contribution in [3.8, 4) is 11.3 Å². The summed E-state index contributed by atoms with van der Waals surface area (Å²) >= 11 is 6.06. The van der Waals surface area contributed by atoms with Gasteiger partial charge in [-0.25, -0.2) is 4.39 Å². The van der Waals surface area contributed by atoms with Gasteiger partial charge in [-0.05, 0) is 48.6 Å². The number of rotatable bonds is 7. The van der Waals surface area contributed by atoms with E-state index in [1.54, 1.807) is 30.5 Å². The highest BCUT2D eigenvalue weighted by Crippen LogP contribution is 2.26. The molecular weight excluding hydrogens is 383 g/mol. The van der Waals surface area contributed by atoms with Crippen molar-refractivity contribution in [2.24, 2.45) is 0 Å². The lowest BCUT2D eigenvalue weighted by Crippen LogP contribution is -2.04. The first-order chi connectivity index (χ1) is 13.4. The molecule has 0 bridgehead atoms. The van der Waals surface area contributed by atoms with E-state index in [0.29, 0.717) is 21.8 Å². The van der Waals surface area contributed by atoms with Gasteiger partial charge in [-0.15, -0.1) is 0 Å². The Bertz CT molecular complexity index is 1040. The molecule has 28 heavy (non-hydrogen) atoms. The molecule has 1 aromatic heterocycles. The maximum atomic E-state index is 13.0. The molecule has 3 rings (SSSR count). The zero-order valence-corrected chi connectivity index (χ0v) is 15.4. The Balaban J connectivity index is 1.92. The van der Waals surface area contributed by atoms with Gasteiger partial charge in [-0.3, -0.25) is 14.3 Å². The van der Waals surface area contributed by atoms with Crippen molar-refractivity contribution in [2.75, 3.05) is 0 Å². The Morgan fingerprint density at radius 1 is 1.18 bits per heavy atom. The third-order valence-electron chi connectivity index (χ3n) is 3.99. The molecule has 0 spiro atoms. The summed E-state index contributed by atoms with van der Waals surface area (Å²) in [7, 11) is 0. The number of allylic oxidation sites excluding steroid dienone is 1. The van der Waals surface area contributed by atoms with Gasteiger partial charge >= 0.3 is 5.97 Å². The number of aliphatic carboxylic acids is 1. The average molecular weight is 399 g/mol. The number of carbonyl (C=O) groups excluding carboxylic acids is 1. The molecule has 1 heterocycles. The van der Waals surface area contributed by atoms with Gasteiger partial charge in [0.05, 0.1) is 18.7 Å². The fraction of sp³-hybridized carbons (Fsp3) is 0.0952. The lowest BCUT2D eigenvalue weighted by Gasteiger charge is -2.00. The molecule has 7 heteroatoms. The fourth-order valence-corrected chi connectivity index (χ4v) is 2.81. The van der Waals surface area contributed by atoms with E-state index in [-0.39, 0.29) is 18.7 Å². The first kappa shape index (κ1) is 19.5. The first-order valence-electron chi connectivity index (χ1n) is 8.45. The maximum Gasteiger partial charge on any atom is 0.305 e. The van der Waals surface area contributed by atoms with E-state index in [0.717, 1.165) is 5.56 Å². The standard InChI is InChI=1S/C21H16ClFN2O3/c22-17-3-1-2-15(12-17)21-16(13-25(24-21)11-10-20(27)28)6-9-19(26)14-4-7-18(23)8-5-14/h1-9,12-13H,10-11H2,(H,27,28)/b9-6-. The first-order valence-corrected chi connectivity index (χ1v) is 8.83. The summed E-state index contributed by atoms with van der Waals surface area (Å²) in [6, 6.07) is 12.4. The fourth-order valence-electron chi connectivity index (χ4n) is 2.62. The summed E-state index contributed by atoms with van der Waals surface area (Å²) in [4.78, 5) is 23.1. The molecule has 0 aliphatic heterocycles. The number of nitrogens with zero attached hydrogens (tertiary/aromatic N) is 2. The number of hydrogen-bond donors (Lipinski definition) is 1. The zero-order chi connectivity index (χ0) is 20.1. The van der Waals surface area contributed by atoms with Gasteiger partial charge in [0.2, 0.25) is 0 Å². The number of aromatic nitrogens is 2. The second kappa shape index (κ2) is 8.63. The molecule has 0 saturated carbocycles. The van der Waals surface area contributed by atoms with Crippen LogP contribution >= 0.6 is 11.6 Å². The summed E-state index contributed by atoms with van der Waals surface area (Å²) in [5, 5.41) is 13.9. The van der Waals surface area contributed by atoms with Gasteiger partial charge in [0.25, 0.3) is 0 Å². The molecular formula is C21H16ClFN2O3. The molecule has 2 aromatic carbocycles. The van der Waals surface area contributed by atoms with Crippen LogP contribution in [0.1, 0.15) is 22.3 Å². The Morgan fingerprint density at radius 3 is 2.61 bits per heavy atom. The van der Waals surface area contributed by atoms with Crippen LogP contribution in [0, 0.1) is 5.82 Å². The molecule has 0 fully saturated rings. The van der Waals surface area contributed by atoms with E-state index in [2.05, 4.69) is 5.10 Å². The van der Waals surface area contributed by atoms with Gasteiger partial charge < -0.3 is 5.11 Å². The van der Waals surface area contributed by atoms with E-state index in [1.807, 2.05) is 6.07 Å². The monoisotopic (exact) mass is 398 g/mol. The van der Waals surface area contributed by atoms with E-state index < -0.39 is 11.8 Å². The van der Waals surface area contributed by atoms with Gasteiger partial charge in [0, 0.05) is 27.9 Å². The summed E-state index contributed by atoms with van der Waals surface area (Å²) in [6.45, 7) is 0.197. The van der Waals surface area contributed by atoms with Crippen LogP contribution in [0.5, 0.6) is 0 Å². The van der Waals surface area contributed by atoms with Crippen LogP contribution in [-0.4, -0.2) is 26.6 Å². The molecule has 5 nitrogen and oxygen atoms in total. The molecule has 0 amide bonds. The zero-order valence-electron chi connectivity index (χ0n) is 14.7. The smallest absolute Gasteiger partial charge is 0.305 e. The minimum Gasteiger partial charge on any atom is -0.481 e. The van der Waals surface area contributed by atoms with Gasteiger partial charge in [-0.2, -0.15) is 5.10 Å². The minimum atomic E-state index is -0.927. The molecule has 0 atom stereocenters. The van der Waals surface area contributed by atoms with Crippen LogP contribution < -0.4 is 0 Å². The highest BCUT2D eigenvalue weighted by molar-refractivity contribution is 6.30. The van der Waals surface area contributed by atoms with E-state index in [1.165, 1.54) is 35.0 Å². The molecule has 0 aliphatic carbocycles. The van der Waals surface area contributed by atoms with Crippen molar-refractivity contribution < 1.29 is 19.1 Å². The number of halogens is 2. The molecule has 142 valence electrons. The number of ketones is 1. The number of carboxylic acid groups (broad SMARTS) is 1. The number of hydrogen-bond acceptors (Lipinski definition) is 3. The minimum absolute atomic E-state index is 0.0751. The quantitative estimate of drug-likeness (QED) is 0.462. The predicted molar refractivity (Wildman–Crippen MR) is 105 cm³/mol. The van der Waals surface area contributed by atoms with Gasteiger partial charge in [-0.1, -0.05) is 23.7 Å². The van der Waals surface area contributed by atoms with Crippen molar-refractivity contribution in [3.05, 3.63) is 82.8 Å². The third-order valence-corrected chi connectivity index (χ3v) is 4.22. The van der Waals surface area contributed by atoms with Crippen LogP contribution in [0.2, 0.25) is 5.02 Å². The summed E-state index contributed by atoms with van der Waals surface area (Å²) in [6.07, 6.45) is 4.58. The third kappa shape index (κ3) is 4.92. The van der Waals surface area contributed by atoms with Gasteiger partial charge in [0.1, 0.15) is 5.82 Å². The molecule has 0 unspecified atom stereocenters. The van der Waals surface area contributed by atoms with Crippen molar-refractivity contribution >= 4 is 29.4 Å². The molecule has 3 aromatic rings. The number of carbonyl (C=O) groups is 2. The average Bonchev–Trinajstić information content (AvgIpc) is 3.08. The van der Waals surface area contributed by atoms with E-state index in [9.17, 15) is 14.0 Å². The molecule has 0 saturated heterocycles. The lowest BCUT2D eigenvalue weighted by molar-refractivity contribution is -0.137. The second-order valence-electron chi connectivity index (χ2n) is 6.05. The van der Waals surface area contributed by atoms with Crippen molar-refractivity contribution in [2.45, 2.75) is 13.0 Å². The van der Waals surface area contributed by atoms with Crippen LogP contribution in [0.25, 0.3) is 17.3 Å². The largest absolute Gasteiger partial charge is 0.481 e. The summed E-state index contributed by atoms with van der Waals surface area (Å²) in [5.74, 6) is -1.62. The highest BCUT2D eigenvalue weighted by Gasteiger charge is 2.11. The Labute approximate surface area is 165 Å². The lowest BCUT2D eigenvalue weighted by atomic mass is 10.1. The number of aryl methyl sites for hydroxylation is 1. The maximum absolute atomic E-state index is 13.0. The van der Waals surface area contributed by atoms with Gasteiger partial charge in [0.15, 0.2) is 5.78 Å². The van der Waals surface area contributed by atoms with Crippen molar-refractivity contribution in [3.63, 3.8) is 0 Å². The van der Waals surface area contributed by atoms with Crippen LogP contribution in [0.3, 0.4) is 0 Å². The van der Waals surface area contributed by atoms with Crippen LogP contribution in [0.4, 0.5) is 4.39 Å². The second-order valence-corrected chi connectivity index (χ2v) is 6.49.